The van der Waals surface area contributed by atoms with Crippen LogP contribution in [0.1, 0.15) is 27.0 Å². The van der Waals surface area contributed by atoms with E-state index in [9.17, 15) is 18.3 Å². The third-order valence-corrected chi connectivity index (χ3v) is 6.28. The molecule has 3 aromatic rings. The van der Waals surface area contributed by atoms with Gasteiger partial charge < -0.3 is 14.6 Å². The lowest BCUT2D eigenvalue weighted by atomic mass is 10.1. The average molecular weight is 484 g/mol. The number of hydrogen-bond donors (Lipinski definition) is 3. The molecule has 0 aliphatic carbocycles. The van der Waals surface area contributed by atoms with Crippen molar-refractivity contribution in [3.8, 4) is 17.2 Å². The number of benzene rings is 3. The fourth-order valence-corrected chi connectivity index (χ4v) is 4.33. The number of nitrogens with one attached hydrogen (secondary N) is 2. The smallest absolute Gasteiger partial charge is 0.271 e. The van der Waals surface area contributed by atoms with Crippen LogP contribution in [0.5, 0.6) is 17.2 Å². The second kappa shape index (κ2) is 10.3. The highest BCUT2D eigenvalue weighted by atomic mass is 32.2. The minimum atomic E-state index is -3.91. The molecule has 34 heavy (non-hydrogen) atoms. The number of methoxy groups -OCH3 is 2. The number of carbonyl (C=O) groups excluding carboxylic acids is 1. The molecule has 0 saturated carbocycles. The zero-order chi connectivity index (χ0) is 24.9. The molecule has 178 valence electrons. The van der Waals surface area contributed by atoms with Gasteiger partial charge in [-0.05, 0) is 55.8 Å². The molecule has 3 rings (SSSR count). The summed E-state index contributed by atoms with van der Waals surface area (Å²) in [6.45, 7) is 3.73. The second-order valence-corrected chi connectivity index (χ2v) is 9.11. The fourth-order valence-electron chi connectivity index (χ4n) is 3.15. The first-order chi connectivity index (χ1) is 16.1. The molecule has 0 aliphatic heterocycles. The number of phenolic OH excluding ortho intramolecular Hbond substituents is 1. The first-order valence-electron chi connectivity index (χ1n) is 10.1. The topological polar surface area (TPSA) is 126 Å². The number of anilines is 1. The number of ether oxygens (including phenoxy) is 2. The highest BCUT2D eigenvalue weighted by Crippen LogP contribution is 2.36. The van der Waals surface area contributed by atoms with Crippen molar-refractivity contribution in [3.63, 3.8) is 0 Å². The van der Waals surface area contributed by atoms with E-state index in [-0.39, 0.29) is 27.7 Å². The van der Waals surface area contributed by atoms with Crippen molar-refractivity contribution in [1.82, 2.24) is 5.43 Å². The maximum absolute atomic E-state index is 12.8. The highest BCUT2D eigenvalue weighted by molar-refractivity contribution is 7.92. The summed E-state index contributed by atoms with van der Waals surface area (Å²) in [5.41, 5.74) is 5.23. The quantitative estimate of drug-likeness (QED) is 0.332. The van der Waals surface area contributed by atoms with Crippen molar-refractivity contribution < 1.29 is 27.8 Å². The average Bonchev–Trinajstić information content (AvgIpc) is 2.81. The van der Waals surface area contributed by atoms with Gasteiger partial charge >= 0.3 is 0 Å². The lowest BCUT2D eigenvalue weighted by Gasteiger charge is -2.12. The van der Waals surface area contributed by atoms with Crippen molar-refractivity contribution >= 4 is 27.8 Å². The molecular weight excluding hydrogens is 458 g/mol. The number of sulfonamides is 1. The van der Waals surface area contributed by atoms with Crippen LogP contribution in [0.3, 0.4) is 0 Å². The van der Waals surface area contributed by atoms with Gasteiger partial charge in [0.1, 0.15) is 0 Å². The summed E-state index contributed by atoms with van der Waals surface area (Å²) in [4.78, 5) is 12.5. The molecule has 0 aromatic heterocycles. The summed E-state index contributed by atoms with van der Waals surface area (Å²) in [5.74, 6) is -0.390. The van der Waals surface area contributed by atoms with Crippen LogP contribution in [0.25, 0.3) is 0 Å². The van der Waals surface area contributed by atoms with E-state index in [0.29, 0.717) is 11.3 Å². The zero-order valence-corrected chi connectivity index (χ0v) is 19.9. The largest absolute Gasteiger partial charge is 0.502 e. The van der Waals surface area contributed by atoms with Crippen molar-refractivity contribution in [2.24, 2.45) is 5.10 Å². The molecule has 3 N–H and O–H groups in total. The van der Waals surface area contributed by atoms with E-state index in [2.05, 4.69) is 15.2 Å². The summed E-state index contributed by atoms with van der Waals surface area (Å²) >= 11 is 0. The van der Waals surface area contributed by atoms with Gasteiger partial charge in [-0.1, -0.05) is 23.8 Å². The molecule has 0 unspecified atom stereocenters. The normalized spacial score (nSPS) is 11.3. The summed E-state index contributed by atoms with van der Waals surface area (Å²) in [7, 11) is -1.12. The number of hydrogen-bond acceptors (Lipinski definition) is 7. The van der Waals surface area contributed by atoms with Gasteiger partial charge in [0, 0.05) is 11.1 Å². The van der Waals surface area contributed by atoms with E-state index in [1.807, 2.05) is 26.0 Å². The van der Waals surface area contributed by atoms with Crippen LogP contribution < -0.4 is 19.6 Å². The minimum absolute atomic E-state index is 0.0582. The molecule has 0 bridgehead atoms. The minimum Gasteiger partial charge on any atom is -0.502 e. The Balaban J connectivity index is 1.76. The Morgan fingerprint density at radius 3 is 2.29 bits per heavy atom. The van der Waals surface area contributed by atoms with Crippen molar-refractivity contribution in [2.75, 3.05) is 18.9 Å². The highest BCUT2D eigenvalue weighted by Gasteiger charge is 2.17. The standard InChI is InChI=1S/C24H25N3O6S/c1-15-8-9-20(16(2)10-15)27-34(30,31)19-7-5-6-18(13-19)24(29)26-25-14-17-11-21(32-3)23(28)22(12-17)33-4/h5-14,27-28H,1-4H3,(H,26,29)/b25-14+. The zero-order valence-electron chi connectivity index (χ0n) is 19.1. The van der Waals surface area contributed by atoms with E-state index in [1.165, 1.54) is 56.8 Å². The molecule has 0 heterocycles. The molecule has 0 fully saturated rings. The van der Waals surface area contributed by atoms with E-state index < -0.39 is 15.9 Å². The first-order valence-corrected chi connectivity index (χ1v) is 11.6. The van der Waals surface area contributed by atoms with Crippen molar-refractivity contribution in [3.05, 3.63) is 76.9 Å². The summed E-state index contributed by atoms with van der Waals surface area (Å²) in [6.07, 6.45) is 1.34. The molecule has 10 heteroatoms. The van der Waals surface area contributed by atoms with Crippen LogP contribution in [-0.2, 0) is 10.0 Å². The Bertz CT molecular complexity index is 1330. The Labute approximate surface area is 198 Å². The van der Waals surface area contributed by atoms with Gasteiger partial charge in [-0.15, -0.1) is 0 Å². The van der Waals surface area contributed by atoms with Gasteiger partial charge in [-0.2, -0.15) is 5.10 Å². The van der Waals surface area contributed by atoms with Gasteiger partial charge in [0.2, 0.25) is 5.75 Å². The van der Waals surface area contributed by atoms with Gasteiger partial charge in [-0.25, -0.2) is 13.8 Å². The van der Waals surface area contributed by atoms with Gasteiger partial charge in [0.15, 0.2) is 11.5 Å². The Hall–Kier alpha value is -4.05. The van der Waals surface area contributed by atoms with E-state index in [1.54, 1.807) is 6.07 Å². The van der Waals surface area contributed by atoms with E-state index in [4.69, 9.17) is 9.47 Å². The predicted octanol–water partition coefficient (Wildman–Crippen LogP) is 3.59. The number of aromatic hydroxyl groups is 1. The lowest BCUT2D eigenvalue weighted by molar-refractivity contribution is 0.0955. The molecule has 0 aliphatic rings. The number of carbonyl (C=O) groups is 1. The Kier molecular flexibility index (Phi) is 7.42. The number of hydrazone groups is 1. The van der Waals surface area contributed by atoms with Crippen LogP contribution in [0, 0.1) is 13.8 Å². The maximum atomic E-state index is 12.8. The number of aryl methyl sites for hydroxylation is 2. The molecule has 0 radical (unpaired) electrons. The van der Waals surface area contributed by atoms with Gasteiger partial charge in [0.05, 0.1) is 31.0 Å². The van der Waals surface area contributed by atoms with Crippen LogP contribution in [0.15, 0.2) is 64.6 Å². The van der Waals surface area contributed by atoms with E-state index >= 15 is 0 Å². The predicted molar refractivity (Wildman–Crippen MR) is 129 cm³/mol. The maximum Gasteiger partial charge on any atom is 0.271 e. The Morgan fingerprint density at radius 1 is 1.00 bits per heavy atom. The third kappa shape index (κ3) is 5.65. The molecule has 0 atom stereocenters. The monoisotopic (exact) mass is 483 g/mol. The number of nitrogens with zero attached hydrogens (tertiary/aromatic N) is 1. The van der Waals surface area contributed by atoms with Crippen LogP contribution >= 0.6 is 0 Å². The molecule has 3 aromatic carbocycles. The summed E-state index contributed by atoms with van der Waals surface area (Å²) < 4.78 is 38.4. The van der Waals surface area contributed by atoms with Crippen molar-refractivity contribution in [1.29, 1.82) is 0 Å². The fraction of sp³-hybridized carbons (Fsp3) is 0.167. The Morgan fingerprint density at radius 2 is 1.68 bits per heavy atom. The summed E-state index contributed by atoms with van der Waals surface area (Å²) in [5, 5.41) is 13.9. The van der Waals surface area contributed by atoms with Crippen LogP contribution in [0.4, 0.5) is 5.69 Å². The number of rotatable bonds is 8. The lowest BCUT2D eigenvalue weighted by Crippen LogP contribution is -2.19. The van der Waals surface area contributed by atoms with Gasteiger partial charge in [0.25, 0.3) is 15.9 Å². The third-order valence-electron chi connectivity index (χ3n) is 4.91. The molecule has 0 saturated heterocycles. The molecule has 0 spiro atoms. The van der Waals surface area contributed by atoms with E-state index in [0.717, 1.165) is 11.1 Å². The summed E-state index contributed by atoms with van der Waals surface area (Å²) in [6, 6.07) is 14.0. The van der Waals surface area contributed by atoms with Crippen LogP contribution in [-0.4, -0.2) is 39.9 Å². The van der Waals surface area contributed by atoms with Gasteiger partial charge in [-0.3, -0.25) is 9.52 Å². The second-order valence-electron chi connectivity index (χ2n) is 7.42. The molecule has 9 nitrogen and oxygen atoms in total. The van der Waals surface area contributed by atoms with Crippen LogP contribution in [0.2, 0.25) is 0 Å². The number of amides is 1. The number of phenols is 1. The molecule has 1 amide bonds. The SMILES string of the molecule is COc1cc(/C=N/NC(=O)c2cccc(S(=O)(=O)Nc3ccc(C)cc3C)c2)cc(OC)c1O. The first kappa shape index (κ1) is 24.6. The van der Waals surface area contributed by atoms with Crippen molar-refractivity contribution in [2.45, 2.75) is 18.7 Å². The molecular formula is C24H25N3O6S.